The second-order valence-electron chi connectivity index (χ2n) is 5.88. The Kier molecular flexibility index (Phi) is 2.71. The Hall–Kier alpha value is -2.46. The Balaban J connectivity index is 1.88. The van der Waals surface area contributed by atoms with E-state index >= 15 is 0 Å². The predicted octanol–water partition coefficient (Wildman–Crippen LogP) is 2.86. The second kappa shape index (κ2) is 4.52. The van der Waals surface area contributed by atoms with Crippen molar-refractivity contribution in [1.82, 2.24) is 0 Å². The van der Waals surface area contributed by atoms with Crippen LogP contribution in [0.5, 0.6) is 0 Å². The molecule has 1 N–H and O–H groups in total. The number of carbonyl (C=O) groups excluding carboxylic acids is 1. The molecule has 4 heteroatoms. The third-order valence-electron chi connectivity index (χ3n) is 4.39. The lowest BCUT2D eigenvalue weighted by Gasteiger charge is -2.29. The van der Waals surface area contributed by atoms with Gasteiger partial charge in [0.05, 0.1) is 5.69 Å². The normalized spacial score (nSPS) is 23.1. The monoisotopic (exact) mass is 292 g/mol. The zero-order chi connectivity index (χ0) is 15.3. The average Bonchev–Trinajstić information content (AvgIpc) is 2.88. The summed E-state index contributed by atoms with van der Waals surface area (Å²) in [5.41, 5.74) is 1.59. The highest BCUT2D eigenvalue weighted by Crippen LogP contribution is 2.39. The molecule has 0 saturated carbocycles. The van der Waals surface area contributed by atoms with Gasteiger partial charge in [0.2, 0.25) is 5.78 Å². The van der Waals surface area contributed by atoms with Crippen molar-refractivity contribution in [3.8, 4) is 0 Å². The quantitative estimate of drug-likeness (QED) is 0.879. The fraction of sp³-hybridized carbons (Fsp3) is 0.222. The van der Waals surface area contributed by atoms with E-state index in [0.29, 0.717) is 30.1 Å². The van der Waals surface area contributed by atoms with E-state index in [4.69, 9.17) is 0 Å². The van der Waals surface area contributed by atoms with E-state index in [0.717, 1.165) is 11.3 Å². The lowest BCUT2D eigenvalue weighted by Crippen LogP contribution is -2.48. The number of aliphatic imine (C=N–C) groups is 1. The number of aryl methyl sites for hydroxylation is 1. The van der Waals surface area contributed by atoms with Crippen LogP contribution in [0.25, 0.3) is 0 Å². The molecule has 22 heavy (non-hydrogen) atoms. The summed E-state index contributed by atoms with van der Waals surface area (Å²) in [7, 11) is 0. The molecule has 0 aromatic heterocycles. The number of benzene rings is 2. The van der Waals surface area contributed by atoms with Crippen LogP contribution in [0, 0.1) is 6.92 Å². The first-order chi connectivity index (χ1) is 10.6. The third kappa shape index (κ3) is 1.74. The molecule has 0 amide bonds. The maximum Gasteiger partial charge on any atom is 0.204 e. The van der Waals surface area contributed by atoms with Crippen LogP contribution in [-0.2, 0) is 0 Å². The Morgan fingerprint density at radius 3 is 2.73 bits per heavy atom. The van der Waals surface area contributed by atoms with Gasteiger partial charge in [-0.1, -0.05) is 29.8 Å². The summed E-state index contributed by atoms with van der Waals surface area (Å²) in [6.07, 6.45) is 0.368. The van der Waals surface area contributed by atoms with Crippen molar-refractivity contribution in [3.63, 3.8) is 0 Å². The van der Waals surface area contributed by atoms with Gasteiger partial charge < -0.3 is 10.0 Å². The Morgan fingerprint density at radius 2 is 1.95 bits per heavy atom. The summed E-state index contributed by atoms with van der Waals surface area (Å²) >= 11 is 0. The Morgan fingerprint density at radius 1 is 1.18 bits per heavy atom. The van der Waals surface area contributed by atoms with Crippen LogP contribution in [0.2, 0.25) is 0 Å². The molecule has 0 bridgehead atoms. The molecule has 4 nitrogen and oxygen atoms in total. The molecule has 2 aliphatic heterocycles. The third-order valence-corrected chi connectivity index (χ3v) is 4.39. The number of carbonyl (C=O) groups is 1. The highest BCUT2D eigenvalue weighted by molar-refractivity contribution is 6.28. The minimum Gasteiger partial charge on any atom is -0.374 e. The molecule has 2 aromatic carbocycles. The maximum absolute atomic E-state index is 12.8. The van der Waals surface area contributed by atoms with E-state index in [1.165, 1.54) is 0 Å². The first-order valence-electron chi connectivity index (χ1n) is 7.39. The molecule has 0 aliphatic carbocycles. The molecule has 1 atom stereocenters. The van der Waals surface area contributed by atoms with Crippen molar-refractivity contribution in [2.24, 2.45) is 4.99 Å². The largest absolute Gasteiger partial charge is 0.374 e. The fourth-order valence-corrected chi connectivity index (χ4v) is 3.21. The van der Waals surface area contributed by atoms with Crippen molar-refractivity contribution >= 4 is 23.0 Å². The van der Waals surface area contributed by atoms with Gasteiger partial charge in [-0.05, 0) is 31.2 Å². The van der Waals surface area contributed by atoms with Crippen LogP contribution in [0.4, 0.5) is 11.4 Å². The van der Waals surface area contributed by atoms with Gasteiger partial charge in [-0.25, -0.2) is 4.99 Å². The van der Waals surface area contributed by atoms with Crippen LogP contribution >= 0.6 is 0 Å². The first kappa shape index (κ1) is 13.2. The SMILES string of the molecule is Cc1ccc2c(c1)C(=O)[C@]1(O)CCN(c3ccccc3)C1=N2. The van der Waals surface area contributed by atoms with E-state index in [-0.39, 0.29) is 5.78 Å². The summed E-state index contributed by atoms with van der Waals surface area (Å²) in [6.45, 7) is 2.51. The van der Waals surface area contributed by atoms with Crippen LogP contribution in [0.3, 0.4) is 0 Å². The Bertz CT molecular complexity index is 798. The van der Waals surface area contributed by atoms with Gasteiger partial charge in [0.25, 0.3) is 0 Å². The van der Waals surface area contributed by atoms with E-state index in [9.17, 15) is 9.90 Å². The molecule has 1 fully saturated rings. The number of nitrogens with zero attached hydrogens (tertiary/aromatic N) is 2. The van der Waals surface area contributed by atoms with Crippen molar-refractivity contribution in [1.29, 1.82) is 0 Å². The number of amidine groups is 1. The average molecular weight is 292 g/mol. The molecular formula is C18H16N2O2. The highest BCUT2D eigenvalue weighted by Gasteiger charge is 2.52. The van der Waals surface area contributed by atoms with Crippen LogP contribution in [0.1, 0.15) is 22.3 Å². The summed E-state index contributed by atoms with van der Waals surface area (Å²) in [5.74, 6) is 0.203. The molecule has 2 aromatic rings. The summed E-state index contributed by atoms with van der Waals surface area (Å²) in [5, 5.41) is 10.9. The molecule has 2 heterocycles. The smallest absolute Gasteiger partial charge is 0.204 e. The van der Waals surface area contributed by atoms with E-state index < -0.39 is 5.60 Å². The lowest BCUT2D eigenvalue weighted by molar-refractivity contribution is 0.0602. The number of Topliss-reactive ketones (excluding diaryl/α,β-unsaturated/α-hetero) is 1. The summed E-state index contributed by atoms with van der Waals surface area (Å²) < 4.78 is 0. The molecule has 0 radical (unpaired) electrons. The number of fused-ring (bicyclic) bond motifs is 2. The number of para-hydroxylation sites is 1. The molecule has 0 spiro atoms. The van der Waals surface area contributed by atoms with Gasteiger partial charge in [-0.2, -0.15) is 0 Å². The molecule has 2 aliphatic rings. The standard InChI is InChI=1S/C18H16N2O2/c1-12-7-8-15-14(11-12)16(21)18(22)9-10-20(17(18)19-15)13-5-3-2-4-6-13/h2-8,11,22H,9-10H2,1H3/t18-/m1/s1. The fourth-order valence-electron chi connectivity index (χ4n) is 3.21. The maximum atomic E-state index is 12.8. The molecular weight excluding hydrogens is 276 g/mol. The number of ketones is 1. The molecule has 4 rings (SSSR count). The number of hydrogen-bond acceptors (Lipinski definition) is 4. The number of rotatable bonds is 1. The van der Waals surface area contributed by atoms with Gasteiger partial charge in [0.15, 0.2) is 5.60 Å². The van der Waals surface area contributed by atoms with Crippen molar-refractivity contribution < 1.29 is 9.90 Å². The first-order valence-corrected chi connectivity index (χ1v) is 7.39. The topological polar surface area (TPSA) is 52.9 Å². The minimum absolute atomic E-state index is 0.241. The molecule has 1 saturated heterocycles. The van der Waals surface area contributed by atoms with Gasteiger partial charge in [0, 0.05) is 24.2 Å². The Labute approximate surface area is 128 Å². The predicted molar refractivity (Wildman–Crippen MR) is 86.0 cm³/mol. The molecule has 0 unspecified atom stereocenters. The minimum atomic E-state index is -1.50. The lowest BCUT2D eigenvalue weighted by atomic mass is 9.87. The number of anilines is 1. The van der Waals surface area contributed by atoms with Crippen molar-refractivity contribution in [2.75, 3.05) is 11.4 Å². The zero-order valence-corrected chi connectivity index (χ0v) is 12.3. The van der Waals surface area contributed by atoms with Crippen LogP contribution < -0.4 is 4.90 Å². The number of hydrogen-bond donors (Lipinski definition) is 1. The van der Waals surface area contributed by atoms with Gasteiger partial charge in [-0.15, -0.1) is 0 Å². The van der Waals surface area contributed by atoms with E-state index in [1.54, 1.807) is 6.07 Å². The zero-order valence-electron chi connectivity index (χ0n) is 12.3. The van der Waals surface area contributed by atoms with E-state index in [2.05, 4.69) is 4.99 Å². The highest BCUT2D eigenvalue weighted by atomic mass is 16.3. The van der Waals surface area contributed by atoms with Gasteiger partial charge in [0.1, 0.15) is 5.84 Å². The van der Waals surface area contributed by atoms with Crippen LogP contribution in [-0.4, -0.2) is 28.9 Å². The van der Waals surface area contributed by atoms with Gasteiger partial charge in [-0.3, -0.25) is 4.79 Å². The summed E-state index contributed by atoms with van der Waals surface area (Å²) in [6, 6.07) is 15.3. The van der Waals surface area contributed by atoms with Crippen molar-refractivity contribution in [2.45, 2.75) is 18.9 Å². The van der Waals surface area contributed by atoms with Gasteiger partial charge >= 0.3 is 0 Å². The summed E-state index contributed by atoms with van der Waals surface area (Å²) in [4.78, 5) is 19.3. The molecule has 110 valence electrons. The van der Waals surface area contributed by atoms with E-state index in [1.807, 2.05) is 54.3 Å². The number of aliphatic hydroxyl groups is 1. The second-order valence-corrected chi connectivity index (χ2v) is 5.88. The van der Waals surface area contributed by atoms with Crippen molar-refractivity contribution in [3.05, 3.63) is 59.7 Å². The van der Waals surface area contributed by atoms with Crippen LogP contribution in [0.15, 0.2) is 53.5 Å².